The highest BCUT2D eigenvalue weighted by atomic mass is 35.5. The molecule has 0 unspecified atom stereocenters. The van der Waals surface area contributed by atoms with Crippen LogP contribution in [-0.4, -0.2) is 25.1 Å². The molecule has 1 aromatic heterocycles. The Bertz CT molecular complexity index is 425. The molecule has 1 aliphatic heterocycles. The number of piperidine rings is 1. The maximum atomic E-state index is 6.16. The topological polar surface area (TPSA) is 28.2 Å². The Morgan fingerprint density at radius 3 is 2.68 bits per heavy atom. The Morgan fingerprint density at radius 1 is 1.42 bits per heavy atom. The molecule has 0 aliphatic carbocycles. The normalized spacial score (nSPS) is 18.6. The molecule has 0 atom stereocenters. The van der Waals surface area contributed by atoms with Gasteiger partial charge in [0.25, 0.3) is 0 Å². The van der Waals surface area contributed by atoms with E-state index in [2.05, 4.69) is 35.1 Å². The quantitative estimate of drug-likeness (QED) is 0.916. The number of rotatable bonds is 4. The van der Waals surface area contributed by atoms with E-state index in [1.165, 1.54) is 19.3 Å². The van der Waals surface area contributed by atoms with E-state index < -0.39 is 0 Å². The molecule has 1 fully saturated rings. The van der Waals surface area contributed by atoms with Crippen molar-refractivity contribution in [2.75, 3.05) is 25.0 Å². The molecule has 2 heterocycles. The first-order chi connectivity index (χ1) is 9.08. The van der Waals surface area contributed by atoms with Gasteiger partial charge in [-0.1, -0.05) is 31.9 Å². The summed E-state index contributed by atoms with van der Waals surface area (Å²) in [7, 11) is 1.93. The smallest absolute Gasteiger partial charge is 0.128 e. The van der Waals surface area contributed by atoms with Gasteiger partial charge in [0, 0.05) is 25.8 Å². The molecule has 0 aromatic carbocycles. The van der Waals surface area contributed by atoms with Crippen LogP contribution in [0.4, 0.5) is 5.82 Å². The fraction of sp³-hybridized carbons (Fsp3) is 0.667. The predicted molar refractivity (Wildman–Crippen MR) is 81.9 cm³/mol. The third-order valence-corrected chi connectivity index (χ3v) is 4.78. The minimum absolute atomic E-state index is 0.511. The maximum absolute atomic E-state index is 6.16. The molecule has 2 rings (SSSR count). The maximum Gasteiger partial charge on any atom is 0.128 e. The average molecular weight is 282 g/mol. The van der Waals surface area contributed by atoms with E-state index in [9.17, 15) is 0 Å². The molecule has 1 aliphatic rings. The van der Waals surface area contributed by atoms with Gasteiger partial charge in [-0.15, -0.1) is 0 Å². The van der Waals surface area contributed by atoms with Gasteiger partial charge in [-0.25, -0.2) is 4.98 Å². The van der Waals surface area contributed by atoms with Gasteiger partial charge in [-0.2, -0.15) is 0 Å². The van der Waals surface area contributed by atoms with E-state index in [0.29, 0.717) is 5.41 Å². The number of hydrogen-bond acceptors (Lipinski definition) is 3. The zero-order valence-electron chi connectivity index (χ0n) is 12.2. The second-order valence-electron chi connectivity index (χ2n) is 5.82. The Hall–Kier alpha value is -0.800. The lowest BCUT2D eigenvalue weighted by atomic mass is 9.78. The van der Waals surface area contributed by atoms with Crippen LogP contribution in [0.15, 0.2) is 12.3 Å². The van der Waals surface area contributed by atoms with Gasteiger partial charge >= 0.3 is 0 Å². The van der Waals surface area contributed by atoms with Crippen LogP contribution in [0.1, 0.15) is 38.7 Å². The molecule has 0 amide bonds. The molecule has 0 saturated carbocycles. The number of aromatic nitrogens is 1. The Labute approximate surface area is 121 Å². The van der Waals surface area contributed by atoms with Crippen molar-refractivity contribution in [2.45, 2.75) is 39.7 Å². The van der Waals surface area contributed by atoms with Crippen LogP contribution < -0.4 is 10.2 Å². The van der Waals surface area contributed by atoms with Crippen molar-refractivity contribution in [3.63, 3.8) is 0 Å². The molecule has 0 spiro atoms. The van der Waals surface area contributed by atoms with Gasteiger partial charge in [0.1, 0.15) is 5.82 Å². The highest BCUT2D eigenvalue weighted by molar-refractivity contribution is 6.31. The second kappa shape index (κ2) is 6.10. The first-order valence-electron chi connectivity index (χ1n) is 7.12. The van der Waals surface area contributed by atoms with E-state index in [4.69, 9.17) is 11.6 Å². The summed E-state index contributed by atoms with van der Waals surface area (Å²) in [5.74, 6) is 1.06. The molecule has 0 bridgehead atoms. The number of nitrogens with one attached hydrogen (secondary N) is 1. The van der Waals surface area contributed by atoms with Crippen LogP contribution in [0, 0.1) is 5.41 Å². The van der Waals surface area contributed by atoms with Crippen LogP contribution in [0.3, 0.4) is 0 Å². The van der Waals surface area contributed by atoms with Crippen molar-refractivity contribution in [2.24, 2.45) is 5.41 Å². The van der Waals surface area contributed by atoms with Gasteiger partial charge in [0.05, 0.1) is 5.02 Å². The molecule has 4 heteroatoms. The molecule has 1 aromatic rings. The summed E-state index contributed by atoms with van der Waals surface area (Å²) in [5.41, 5.74) is 1.63. The van der Waals surface area contributed by atoms with E-state index in [1.807, 2.05) is 7.05 Å². The van der Waals surface area contributed by atoms with Crippen molar-refractivity contribution in [1.82, 2.24) is 10.3 Å². The zero-order valence-corrected chi connectivity index (χ0v) is 12.9. The summed E-state index contributed by atoms with van der Waals surface area (Å²) >= 11 is 6.16. The van der Waals surface area contributed by atoms with Crippen LogP contribution in [0.25, 0.3) is 0 Å². The average Bonchev–Trinajstić information content (AvgIpc) is 2.43. The zero-order chi connectivity index (χ0) is 13.9. The summed E-state index contributed by atoms with van der Waals surface area (Å²) in [4.78, 5) is 6.87. The number of hydrogen-bond donors (Lipinski definition) is 1. The van der Waals surface area contributed by atoms with Gasteiger partial charge in [0.15, 0.2) is 0 Å². The number of pyridine rings is 1. The largest absolute Gasteiger partial charge is 0.357 e. The molecule has 3 nitrogen and oxygen atoms in total. The highest BCUT2D eigenvalue weighted by Crippen LogP contribution is 2.35. The van der Waals surface area contributed by atoms with E-state index >= 15 is 0 Å². The van der Waals surface area contributed by atoms with Gasteiger partial charge < -0.3 is 10.2 Å². The summed E-state index contributed by atoms with van der Waals surface area (Å²) in [5, 5.41) is 3.89. The third kappa shape index (κ3) is 3.40. The molecule has 1 N–H and O–H groups in total. The first kappa shape index (κ1) is 14.6. The monoisotopic (exact) mass is 281 g/mol. The molecule has 19 heavy (non-hydrogen) atoms. The van der Waals surface area contributed by atoms with Crippen LogP contribution >= 0.6 is 11.6 Å². The predicted octanol–water partition coefficient (Wildman–Crippen LogP) is 3.47. The van der Waals surface area contributed by atoms with Crippen LogP contribution in [-0.2, 0) is 6.54 Å². The Morgan fingerprint density at radius 2 is 2.11 bits per heavy atom. The van der Waals surface area contributed by atoms with E-state index in [-0.39, 0.29) is 0 Å². The van der Waals surface area contributed by atoms with Gasteiger partial charge in [0.2, 0.25) is 0 Å². The summed E-state index contributed by atoms with van der Waals surface area (Å²) in [6.07, 6.45) is 5.53. The summed E-state index contributed by atoms with van der Waals surface area (Å²) in [6.45, 7) is 7.66. The van der Waals surface area contributed by atoms with Crippen LogP contribution in [0.5, 0.6) is 0 Å². The number of halogens is 1. The van der Waals surface area contributed by atoms with Crippen molar-refractivity contribution in [1.29, 1.82) is 0 Å². The minimum Gasteiger partial charge on any atom is -0.357 e. The molecule has 106 valence electrons. The lowest BCUT2D eigenvalue weighted by Gasteiger charge is -2.39. The standard InChI is InChI=1S/C15H24ClN3/c1-4-15(2)5-7-19(8-6-15)14-9-12(10-17-3)13(16)11-18-14/h9,11,17H,4-8,10H2,1-3H3. The van der Waals surface area contributed by atoms with Crippen molar-refractivity contribution < 1.29 is 0 Å². The number of nitrogens with zero attached hydrogens (tertiary/aromatic N) is 2. The van der Waals surface area contributed by atoms with Crippen molar-refractivity contribution in [3.8, 4) is 0 Å². The molecule has 1 saturated heterocycles. The number of anilines is 1. The van der Waals surface area contributed by atoms with E-state index in [0.717, 1.165) is 36.0 Å². The second-order valence-corrected chi connectivity index (χ2v) is 6.22. The fourth-order valence-electron chi connectivity index (χ4n) is 2.60. The van der Waals surface area contributed by atoms with Crippen molar-refractivity contribution in [3.05, 3.63) is 22.8 Å². The Kier molecular flexibility index (Phi) is 4.69. The van der Waals surface area contributed by atoms with E-state index in [1.54, 1.807) is 6.20 Å². The van der Waals surface area contributed by atoms with Crippen LogP contribution in [0.2, 0.25) is 5.02 Å². The van der Waals surface area contributed by atoms with Gasteiger partial charge in [-0.3, -0.25) is 0 Å². The SMILES string of the molecule is CCC1(C)CCN(c2cc(CNC)c(Cl)cn2)CC1. The minimum atomic E-state index is 0.511. The highest BCUT2D eigenvalue weighted by Gasteiger charge is 2.28. The third-order valence-electron chi connectivity index (χ3n) is 4.44. The summed E-state index contributed by atoms with van der Waals surface area (Å²) < 4.78 is 0. The first-order valence-corrected chi connectivity index (χ1v) is 7.50. The van der Waals surface area contributed by atoms with Crippen molar-refractivity contribution >= 4 is 17.4 Å². The lowest BCUT2D eigenvalue weighted by Crippen LogP contribution is -2.38. The lowest BCUT2D eigenvalue weighted by molar-refractivity contribution is 0.238. The summed E-state index contributed by atoms with van der Waals surface area (Å²) in [6, 6.07) is 2.12. The molecular formula is C15H24ClN3. The fourth-order valence-corrected chi connectivity index (χ4v) is 2.77. The van der Waals surface area contributed by atoms with Gasteiger partial charge in [-0.05, 0) is 36.9 Å². The molecule has 0 radical (unpaired) electrons. The Balaban J connectivity index is 2.09. The molecular weight excluding hydrogens is 258 g/mol.